The molecule has 3 fully saturated rings. The number of amides is 4. The molecule has 1 N–H and O–H groups in total. The minimum atomic E-state index is -2.09. The Bertz CT molecular complexity index is 1940. The molecule has 0 aromatic heterocycles. The molecule has 7 rings (SSSR count). The number of anilines is 1. The van der Waals surface area contributed by atoms with E-state index in [0.29, 0.717) is 11.3 Å². The third-order valence-corrected chi connectivity index (χ3v) is 11.8. The van der Waals surface area contributed by atoms with E-state index in [1.54, 1.807) is 18.2 Å². The monoisotopic (exact) mass is 753 g/mol. The number of hydrogen-bond acceptors (Lipinski definition) is 8. The molecule has 0 radical (unpaired) electrons. The summed E-state index contributed by atoms with van der Waals surface area (Å²) in [5, 5.41) is 22.9. The molecule has 4 amide bonds. The summed E-state index contributed by atoms with van der Waals surface area (Å²) in [6.45, 7) is 0.230. The molecule has 3 aromatic rings. The number of hydrogen-bond donors (Lipinski definition) is 1. The average molecular weight is 755 g/mol. The van der Waals surface area contributed by atoms with Crippen molar-refractivity contribution in [3.8, 4) is 11.5 Å². The van der Waals surface area contributed by atoms with Crippen molar-refractivity contribution in [2.24, 2.45) is 17.8 Å². The maximum Gasteiger partial charge on any atom is 0.271 e. The Kier molecular flexibility index (Phi) is 7.88. The first-order chi connectivity index (χ1) is 22.9. The van der Waals surface area contributed by atoms with Gasteiger partial charge in [-0.25, -0.2) is 4.90 Å². The second-order valence-electron chi connectivity index (χ2n) is 12.3. The van der Waals surface area contributed by atoms with Crippen LogP contribution >= 0.6 is 39.1 Å². The van der Waals surface area contributed by atoms with E-state index in [4.69, 9.17) is 27.9 Å². The van der Waals surface area contributed by atoms with E-state index in [2.05, 4.69) is 15.9 Å². The van der Waals surface area contributed by atoms with Crippen molar-refractivity contribution in [2.75, 3.05) is 10.4 Å². The number of phenols is 1. The van der Waals surface area contributed by atoms with E-state index >= 15 is 0 Å². The van der Waals surface area contributed by atoms with E-state index in [1.807, 2.05) is 30.3 Å². The topological polar surface area (TPSA) is 147 Å². The predicted molar refractivity (Wildman–Crippen MR) is 178 cm³/mol. The number of nitrogens with zero attached hydrogens (tertiary/aromatic N) is 3. The highest BCUT2D eigenvalue weighted by molar-refractivity contribution is 9.09. The minimum Gasteiger partial charge on any atom is -0.508 e. The van der Waals surface area contributed by atoms with Crippen LogP contribution < -0.4 is 9.64 Å². The zero-order valence-electron chi connectivity index (χ0n) is 24.9. The van der Waals surface area contributed by atoms with E-state index < -0.39 is 62.0 Å². The lowest BCUT2D eigenvalue weighted by atomic mass is 9.56. The Balaban J connectivity index is 1.31. The number of ether oxygens (including phenoxy) is 1. The molecule has 2 heterocycles. The van der Waals surface area contributed by atoms with Crippen LogP contribution in [0.4, 0.5) is 11.4 Å². The fourth-order valence-electron chi connectivity index (χ4n) is 7.70. The number of imide groups is 2. The number of alkyl halides is 3. The van der Waals surface area contributed by atoms with Crippen LogP contribution in [0.2, 0.25) is 0 Å². The quantitative estimate of drug-likeness (QED) is 0.0796. The maximum atomic E-state index is 14.2. The van der Waals surface area contributed by atoms with Crippen molar-refractivity contribution in [3.05, 3.63) is 106 Å². The van der Waals surface area contributed by atoms with Gasteiger partial charge < -0.3 is 9.84 Å². The molecular formula is C34H26BrCl2N3O8. The lowest BCUT2D eigenvalue weighted by Crippen LogP contribution is -2.60. The summed E-state index contributed by atoms with van der Waals surface area (Å²) in [5.41, 5.74) is 1.17. The predicted octanol–water partition coefficient (Wildman–Crippen LogP) is 5.80. The molecule has 3 aromatic carbocycles. The second-order valence-corrected chi connectivity index (χ2v) is 14.0. The van der Waals surface area contributed by atoms with Crippen LogP contribution in [0, 0.1) is 27.9 Å². The van der Waals surface area contributed by atoms with E-state index in [9.17, 15) is 34.4 Å². The van der Waals surface area contributed by atoms with Crippen molar-refractivity contribution in [1.82, 2.24) is 4.90 Å². The fourth-order valence-corrected chi connectivity index (χ4v) is 9.11. The van der Waals surface area contributed by atoms with Crippen LogP contribution in [-0.2, 0) is 25.8 Å². The summed E-state index contributed by atoms with van der Waals surface area (Å²) in [6.07, 6.45) is 1.60. The average Bonchev–Trinajstić information content (AvgIpc) is 3.42. The lowest BCUT2D eigenvalue weighted by Gasteiger charge is -2.50. The summed E-state index contributed by atoms with van der Waals surface area (Å²) < 4.78 is 5.89. The lowest BCUT2D eigenvalue weighted by molar-refractivity contribution is -0.384. The van der Waals surface area contributed by atoms with Crippen LogP contribution in [0.5, 0.6) is 11.5 Å². The maximum absolute atomic E-state index is 14.2. The number of carbonyl (C=O) groups is 4. The normalized spacial score (nSPS) is 29.4. The minimum absolute atomic E-state index is 0.0520. The number of fused-ring (bicyclic) bond motifs is 4. The second kappa shape index (κ2) is 11.7. The first kappa shape index (κ1) is 32.3. The molecule has 4 aliphatic rings. The largest absolute Gasteiger partial charge is 0.508 e. The van der Waals surface area contributed by atoms with Gasteiger partial charge in [-0.2, -0.15) is 0 Å². The van der Waals surface area contributed by atoms with Gasteiger partial charge in [-0.15, -0.1) is 23.2 Å². The van der Waals surface area contributed by atoms with Gasteiger partial charge >= 0.3 is 0 Å². The van der Waals surface area contributed by atoms with Crippen molar-refractivity contribution >= 4 is 74.1 Å². The molecule has 6 unspecified atom stereocenters. The molecule has 48 heavy (non-hydrogen) atoms. The van der Waals surface area contributed by atoms with E-state index in [-0.39, 0.29) is 47.6 Å². The fraction of sp³-hybridized carbons (Fsp3) is 0.294. The Morgan fingerprint density at radius 2 is 1.71 bits per heavy atom. The molecule has 2 aliphatic heterocycles. The number of halogens is 3. The van der Waals surface area contributed by atoms with Gasteiger partial charge in [-0.1, -0.05) is 70.0 Å². The number of benzene rings is 3. The van der Waals surface area contributed by atoms with Crippen molar-refractivity contribution in [3.63, 3.8) is 0 Å². The first-order valence-electron chi connectivity index (χ1n) is 15.0. The molecule has 246 valence electrons. The van der Waals surface area contributed by atoms with Crippen LogP contribution in [0.15, 0.2) is 84.4 Å². The van der Waals surface area contributed by atoms with Gasteiger partial charge in [0.25, 0.3) is 17.5 Å². The standard InChI is InChI=1S/C34H26BrCl2N3O8/c35-17-38-31(44)33(36)15-25-22(11-12-24-27(25)30(43)39(29(24)42)19-7-4-8-20(13-19)40(46)47)28(34(33,37)32(38)45)23-10-9-21(14-26(23)41)48-16-18-5-2-1-3-6-18/h1-11,13-14,24-25,27-28,41H,12,15-17H2. The molecular weight excluding hydrogens is 729 g/mol. The van der Waals surface area contributed by atoms with Crippen LogP contribution in [-0.4, -0.2) is 53.8 Å². The summed E-state index contributed by atoms with van der Waals surface area (Å²) in [6, 6.07) is 19.2. The van der Waals surface area contributed by atoms with Crippen molar-refractivity contribution in [1.29, 1.82) is 0 Å². The number of phenolic OH excluding ortho intramolecular Hbond substituents is 1. The molecule has 11 nitrogen and oxygen atoms in total. The van der Waals surface area contributed by atoms with Gasteiger partial charge in [0.05, 0.1) is 27.9 Å². The number of carbonyl (C=O) groups excluding carboxylic acids is 4. The van der Waals surface area contributed by atoms with Crippen LogP contribution in [0.3, 0.4) is 0 Å². The first-order valence-corrected chi connectivity index (χ1v) is 16.9. The molecule has 2 saturated heterocycles. The number of nitro groups is 1. The third-order valence-electron chi connectivity index (χ3n) is 9.87. The summed E-state index contributed by atoms with van der Waals surface area (Å²) in [7, 11) is 0. The molecule has 0 spiro atoms. The van der Waals surface area contributed by atoms with Gasteiger partial charge in [-0.05, 0) is 36.5 Å². The van der Waals surface area contributed by atoms with Crippen LogP contribution in [0.1, 0.15) is 29.9 Å². The summed E-state index contributed by atoms with van der Waals surface area (Å²) >= 11 is 17.7. The van der Waals surface area contributed by atoms with Crippen molar-refractivity contribution < 1.29 is 33.9 Å². The number of rotatable bonds is 7. The Morgan fingerprint density at radius 1 is 0.958 bits per heavy atom. The molecule has 2 aliphatic carbocycles. The third kappa shape index (κ3) is 4.60. The molecule has 6 atom stereocenters. The van der Waals surface area contributed by atoms with Gasteiger partial charge in [0.2, 0.25) is 11.8 Å². The molecule has 0 bridgehead atoms. The highest BCUT2D eigenvalue weighted by Gasteiger charge is 2.76. The van der Waals surface area contributed by atoms with Gasteiger partial charge in [0.1, 0.15) is 18.1 Å². The van der Waals surface area contributed by atoms with Crippen molar-refractivity contribution in [2.45, 2.75) is 35.1 Å². The zero-order valence-corrected chi connectivity index (χ0v) is 28.0. The van der Waals surface area contributed by atoms with Crippen LogP contribution in [0.25, 0.3) is 0 Å². The highest BCUT2D eigenvalue weighted by atomic mass is 79.9. The van der Waals surface area contributed by atoms with E-state index in [1.165, 1.54) is 24.3 Å². The SMILES string of the molecule is O=C1C2CC=C3C(CC4(Cl)C(=O)N(CBr)C(=O)C4(Cl)C3c3ccc(OCc4ccccc4)cc3O)C2C(=O)N1c1cccc([N+](=O)[O-])c1. The van der Waals surface area contributed by atoms with Gasteiger partial charge in [0.15, 0.2) is 9.75 Å². The van der Waals surface area contributed by atoms with E-state index in [0.717, 1.165) is 21.4 Å². The van der Waals surface area contributed by atoms with Gasteiger partial charge in [0, 0.05) is 29.7 Å². The number of nitro benzene ring substituents is 1. The summed E-state index contributed by atoms with van der Waals surface area (Å²) in [4.78, 5) is 64.4. The highest BCUT2D eigenvalue weighted by Crippen LogP contribution is 2.66. The number of likely N-dealkylation sites (tertiary alicyclic amines) is 1. The Hall–Kier alpha value is -4.26. The zero-order chi connectivity index (χ0) is 34.1. The molecule has 1 saturated carbocycles. The number of non-ortho nitro benzene ring substituents is 1. The Morgan fingerprint density at radius 3 is 2.40 bits per heavy atom. The van der Waals surface area contributed by atoms with Gasteiger partial charge in [-0.3, -0.25) is 34.2 Å². The smallest absolute Gasteiger partial charge is 0.271 e. The Labute approximate surface area is 292 Å². The molecule has 14 heteroatoms. The number of allylic oxidation sites excluding steroid dienone is 2. The summed E-state index contributed by atoms with van der Waals surface area (Å²) in [5.74, 6) is -6.46. The number of aromatic hydroxyl groups is 1.